The molecule has 0 saturated carbocycles. The highest BCUT2D eigenvalue weighted by atomic mass is 16.1. The van der Waals surface area contributed by atoms with Crippen LogP contribution in [0.2, 0.25) is 0 Å². The van der Waals surface area contributed by atoms with Gasteiger partial charge in [-0.3, -0.25) is 4.79 Å². The average Bonchev–Trinajstić information content (AvgIpc) is 2.05. The average molecular weight is 164 g/mol. The first-order valence-corrected chi connectivity index (χ1v) is 3.90. The lowest BCUT2D eigenvalue weighted by atomic mass is 10.1. The molecule has 0 spiro atoms. The van der Waals surface area contributed by atoms with Crippen LogP contribution in [0.3, 0.4) is 0 Å². The number of rotatable bonds is 2. The molecule has 12 heavy (non-hydrogen) atoms. The first kappa shape index (κ1) is 8.71. The van der Waals surface area contributed by atoms with Gasteiger partial charge in [-0.15, -0.1) is 0 Å². The monoisotopic (exact) mass is 164 g/mol. The van der Waals surface area contributed by atoms with Crippen LogP contribution in [0.25, 0.3) is 0 Å². The molecule has 1 aromatic rings. The van der Waals surface area contributed by atoms with Crippen LogP contribution >= 0.6 is 0 Å². The van der Waals surface area contributed by atoms with Gasteiger partial charge in [0.05, 0.1) is 5.56 Å². The predicted molar refractivity (Wildman–Crippen MR) is 48.0 cm³/mol. The molecule has 64 valence electrons. The summed E-state index contributed by atoms with van der Waals surface area (Å²) in [5.74, 6) is 0.287. The van der Waals surface area contributed by atoms with Crippen molar-refractivity contribution in [1.82, 2.24) is 4.98 Å². The van der Waals surface area contributed by atoms with Gasteiger partial charge in [0.15, 0.2) is 5.78 Å². The van der Waals surface area contributed by atoms with Crippen molar-refractivity contribution in [1.29, 1.82) is 0 Å². The fourth-order valence-corrected chi connectivity index (χ4v) is 0.994. The minimum absolute atomic E-state index is 0.0321. The highest BCUT2D eigenvalue weighted by molar-refractivity contribution is 5.98. The molecule has 0 bridgehead atoms. The summed E-state index contributed by atoms with van der Waals surface area (Å²) in [4.78, 5) is 14.9. The molecule has 1 rings (SSSR count). The number of aromatic nitrogens is 1. The van der Waals surface area contributed by atoms with Crippen LogP contribution in [0.1, 0.15) is 29.8 Å². The van der Waals surface area contributed by atoms with Gasteiger partial charge < -0.3 is 5.73 Å². The Morgan fingerprint density at radius 2 is 2.33 bits per heavy atom. The number of ketones is 1. The molecule has 3 heteroatoms. The molecular weight excluding hydrogens is 152 g/mol. The van der Waals surface area contributed by atoms with Crippen LogP contribution < -0.4 is 5.73 Å². The number of carbonyl (C=O) groups is 1. The second-order valence-corrected chi connectivity index (χ2v) is 2.69. The Morgan fingerprint density at radius 3 is 2.83 bits per heavy atom. The third kappa shape index (κ3) is 1.61. The normalized spacial score (nSPS) is 9.83. The van der Waals surface area contributed by atoms with Crippen molar-refractivity contribution >= 4 is 11.6 Å². The minimum atomic E-state index is -0.0321. The molecule has 0 aliphatic carbocycles. The molecule has 1 heterocycles. The van der Waals surface area contributed by atoms with Crippen LogP contribution in [0, 0.1) is 0 Å². The van der Waals surface area contributed by atoms with Crippen LogP contribution in [-0.2, 0) is 6.42 Å². The fraction of sp³-hybridized carbons (Fsp3) is 0.333. The third-order valence-corrected chi connectivity index (χ3v) is 1.76. The van der Waals surface area contributed by atoms with Gasteiger partial charge in [-0.05, 0) is 25.0 Å². The van der Waals surface area contributed by atoms with Crippen LogP contribution in [0.5, 0.6) is 0 Å². The molecule has 3 nitrogen and oxygen atoms in total. The summed E-state index contributed by atoms with van der Waals surface area (Å²) in [5, 5.41) is 0. The van der Waals surface area contributed by atoms with Gasteiger partial charge in [-0.25, -0.2) is 4.98 Å². The van der Waals surface area contributed by atoms with E-state index >= 15 is 0 Å². The van der Waals surface area contributed by atoms with Gasteiger partial charge in [0, 0.05) is 6.20 Å². The lowest BCUT2D eigenvalue weighted by Gasteiger charge is -2.02. The van der Waals surface area contributed by atoms with Crippen molar-refractivity contribution in [3.05, 3.63) is 23.4 Å². The lowest BCUT2D eigenvalue weighted by molar-refractivity contribution is 0.101. The molecular formula is C9H12N2O. The number of nitrogen functional groups attached to an aromatic ring is 1. The van der Waals surface area contributed by atoms with Crippen LogP contribution in [0.4, 0.5) is 5.82 Å². The molecule has 0 atom stereocenters. The summed E-state index contributed by atoms with van der Waals surface area (Å²) in [6.45, 7) is 3.50. The first-order chi connectivity index (χ1) is 5.65. The number of nitrogens with zero attached hydrogens (tertiary/aromatic N) is 1. The summed E-state index contributed by atoms with van der Waals surface area (Å²) < 4.78 is 0. The Hall–Kier alpha value is -1.38. The van der Waals surface area contributed by atoms with E-state index in [0.29, 0.717) is 11.4 Å². The lowest BCUT2D eigenvalue weighted by Crippen LogP contribution is -2.03. The van der Waals surface area contributed by atoms with E-state index in [0.717, 1.165) is 12.0 Å². The number of Topliss-reactive ketones (excluding diaryl/α,β-unsaturated/α-hetero) is 1. The standard InChI is InChI=1S/C9H12N2O/c1-3-7-4-8(6(2)12)9(10)11-5-7/h4-5H,3H2,1-2H3,(H2,10,11). The molecule has 0 unspecified atom stereocenters. The quantitative estimate of drug-likeness (QED) is 0.673. The molecule has 0 amide bonds. The van der Waals surface area contributed by atoms with Gasteiger partial charge in [0.1, 0.15) is 5.82 Å². The number of pyridine rings is 1. The second kappa shape index (κ2) is 3.34. The van der Waals surface area contributed by atoms with Crippen molar-refractivity contribution < 1.29 is 4.79 Å². The van der Waals surface area contributed by atoms with E-state index in [1.54, 1.807) is 12.3 Å². The Kier molecular flexibility index (Phi) is 2.43. The van der Waals surface area contributed by atoms with E-state index in [4.69, 9.17) is 5.73 Å². The zero-order chi connectivity index (χ0) is 9.14. The molecule has 0 aromatic carbocycles. The maximum absolute atomic E-state index is 11.0. The summed E-state index contributed by atoms with van der Waals surface area (Å²) >= 11 is 0. The minimum Gasteiger partial charge on any atom is -0.383 e. The van der Waals surface area contributed by atoms with E-state index in [1.807, 2.05) is 6.92 Å². The third-order valence-electron chi connectivity index (χ3n) is 1.76. The van der Waals surface area contributed by atoms with E-state index in [2.05, 4.69) is 4.98 Å². The topological polar surface area (TPSA) is 56.0 Å². The number of hydrogen-bond acceptors (Lipinski definition) is 3. The molecule has 2 N–H and O–H groups in total. The van der Waals surface area contributed by atoms with Gasteiger partial charge >= 0.3 is 0 Å². The zero-order valence-electron chi connectivity index (χ0n) is 7.29. The van der Waals surface area contributed by atoms with Gasteiger partial charge in [-0.1, -0.05) is 6.92 Å². The number of hydrogen-bond donors (Lipinski definition) is 1. The van der Waals surface area contributed by atoms with Gasteiger partial charge in [0.2, 0.25) is 0 Å². The van der Waals surface area contributed by atoms with Crippen molar-refractivity contribution in [2.75, 3.05) is 5.73 Å². The highest BCUT2D eigenvalue weighted by Gasteiger charge is 2.05. The van der Waals surface area contributed by atoms with Crippen molar-refractivity contribution in [2.45, 2.75) is 20.3 Å². The van der Waals surface area contributed by atoms with E-state index in [1.165, 1.54) is 6.92 Å². The molecule has 0 fully saturated rings. The van der Waals surface area contributed by atoms with Crippen molar-refractivity contribution in [3.63, 3.8) is 0 Å². The maximum Gasteiger partial charge on any atom is 0.163 e. The molecule has 0 saturated heterocycles. The molecule has 1 aromatic heterocycles. The summed E-state index contributed by atoms with van der Waals surface area (Å²) in [6.07, 6.45) is 2.56. The molecule has 0 aliphatic rings. The summed E-state index contributed by atoms with van der Waals surface area (Å²) in [5.41, 5.74) is 7.07. The number of carbonyl (C=O) groups excluding carboxylic acids is 1. The maximum atomic E-state index is 11.0. The highest BCUT2D eigenvalue weighted by Crippen LogP contribution is 2.11. The van der Waals surface area contributed by atoms with E-state index in [-0.39, 0.29) is 5.78 Å². The fourth-order valence-electron chi connectivity index (χ4n) is 0.994. The number of anilines is 1. The Morgan fingerprint density at radius 1 is 1.67 bits per heavy atom. The van der Waals surface area contributed by atoms with Gasteiger partial charge in [0.25, 0.3) is 0 Å². The van der Waals surface area contributed by atoms with Crippen molar-refractivity contribution in [2.24, 2.45) is 0 Å². The Labute approximate surface area is 71.6 Å². The molecule has 0 radical (unpaired) electrons. The smallest absolute Gasteiger partial charge is 0.163 e. The summed E-state index contributed by atoms with van der Waals surface area (Å²) in [7, 11) is 0. The SMILES string of the molecule is CCc1cnc(N)c(C(C)=O)c1. The summed E-state index contributed by atoms with van der Waals surface area (Å²) in [6, 6.07) is 1.80. The van der Waals surface area contributed by atoms with Crippen LogP contribution in [-0.4, -0.2) is 10.8 Å². The largest absolute Gasteiger partial charge is 0.383 e. The number of nitrogens with two attached hydrogens (primary N) is 1. The van der Waals surface area contributed by atoms with E-state index in [9.17, 15) is 4.79 Å². The predicted octanol–water partition coefficient (Wildman–Crippen LogP) is 1.43. The Bertz CT molecular complexity index is 307. The number of aryl methyl sites for hydroxylation is 1. The first-order valence-electron chi connectivity index (χ1n) is 3.90. The zero-order valence-corrected chi connectivity index (χ0v) is 7.29. The molecule has 0 aliphatic heterocycles. The van der Waals surface area contributed by atoms with Crippen molar-refractivity contribution in [3.8, 4) is 0 Å². The Balaban J connectivity index is 3.17. The van der Waals surface area contributed by atoms with E-state index < -0.39 is 0 Å². The van der Waals surface area contributed by atoms with Crippen LogP contribution in [0.15, 0.2) is 12.3 Å². The second-order valence-electron chi connectivity index (χ2n) is 2.69. The van der Waals surface area contributed by atoms with Gasteiger partial charge in [-0.2, -0.15) is 0 Å².